The van der Waals surface area contributed by atoms with E-state index in [9.17, 15) is 0 Å². The lowest BCUT2D eigenvalue weighted by molar-refractivity contribution is 0.0836. The minimum Gasteiger partial charge on any atom is -0.316 e. The summed E-state index contributed by atoms with van der Waals surface area (Å²) >= 11 is 0. The fourth-order valence-electron chi connectivity index (χ4n) is 3.25. The minimum absolute atomic E-state index is 0.450. The highest BCUT2D eigenvalue weighted by Crippen LogP contribution is 2.32. The van der Waals surface area contributed by atoms with Crippen molar-refractivity contribution in [3.05, 3.63) is 0 Å². The van der Waals surface area contributed by atoms with Gasteiger partial charge in [-0.2, -0.15) is 0 Å². The molecule has 114 valence electrons. The predicted molar refractivity (Wildman–Crippen MR) is 85.6 cm³/mol. The number of nitrogens with zero attached hydrogens (tertiary/aromatic N) is 1. The zero-order valence-electron chi connectivity index (χ0n) is 14.0. The van der Waals surface area contributed by atoms with Crippen molar-refractivity contribution in [1.29, 1.82) is 0 Å². The molecule has 1 N–H and O–H groups in total. The van der Waals surface area contributed by atoms with Gasteiger partial charge in [0.1, 0.15) is 0 Å². The van der Waals surface area contributed by atoms with E-state index in [2.05, 4.69) is 44.8 Å². The van der Waals surface area contributed by atoms with E-state index in [1.165, 1.54) is 58.3 Å². The fourth-order valence-corrected chi connectivity index (χ4v) is 3.25. The molecule has 1 unspecified atom stereocenters. The second kappa shape index (κ2) is 7.64. The monoisotopic (exact) mass is 268 g/mol. The molecular weight excluding hydrogens is 232 g/mol. The normalized spacial score (nSPS) is 23.2. The molecule has 1 aliphatic rings. The molecule has 0 bridgehead atoms. The van der Waals surface area contributed by atoms with Crippen LogP contribution in [-0.4, -0.2) is 37.6 Å². The first-order valence-electron chi connectivity index (χ1n) is 8.34. The van der Waals surface area contributed by atoms with Crippen LogP contribution >= 0.6 is 0 Å². The molecule has 2 heteroatoms. The predicted octanol–water partition coefficient (Wildman–Crippen LogP) is 3.91. The number of piperidine rings is 1. The van der Waals surface area contributed by atoms with E-state index in [0.29, 0.717) is 10.8 Å². The van der Waals surface area contributed by atoms with Crippen LogP contribution in [0.1, 0.15) is 66.7 Å². The molecule has 0 aromatic heterocycles. The van der Waals surface area contributed by atoms with E-state index in [1.807, 2.05) is 0 Å². The lowest BCUT2D eigenvalue weighted by atomic mass is 9.80. The average Bonchev–Trinajstić information content (AvgIpc) is 2.33. The van der Waals surface area contributed by atoms with Gasteiger partial charge in [0.05, 0.1) is 0 Å². The Labute approximate surface area is 121 Å². The van der Waals surface area contributed by atoms with E-state index in [1.54, 1.807) is 0 Å². The van der Waals surface area contributed by atoms with Crippen molar-refractivity contribution in [3.8, 4) is 0 Å². The van der Waals surface area contributed by atoms with Gasteiger partial charge >= 0.3 is 0 Å². The van der Waals surface area contributed by atoms with Crippen molar-refractivity contribution < 1.29 is 0 Å². The zero-order chi connectivity index (χ0) is 14.4. The standard InChI is InChI=1S/C17H36N2/c1-6-8-17(5,14-18-11-7-2)15-19-12-9-16(3,4)10-13-19/h18H,6-15H2,1-5H3. The molecule has 19 heavy (non-hydrogen) atoms. The summed E-state index contributed by atoms with van der Waals surface area (Å²) in [6.07, 6.45) is 6.59. The molecule has 0 amide bonds. The van der Waals surface area contributed by atoms with Crippen molar-refractivity contribution >= 4 is 0 Å². The average molecular weight is 268 g/mol. The maximum Gasteiger partial charge on any atom is 0.00475 e. The highest BCUT2D eigenvalue weighted by molar-refractivity contribution is 4.85. The Kier molecular flexibility index (Phi) is 6.82. The van der Waals surface area contributed by atoms with Gasteiger partial charge in [-0.25, -0.2) is 0 Å². The van der Waals surface area contributed by atoms with Crippen LogP contribution in [0.2, 0.25) is 0 Å². The Morgan fingerprint density at radius 1 is 1.11 bits per heavy atom. The molecule has 0 aromatic carbocycles. The highest BCUT2D eigenvalue weighted by atomic mass is 15.1. The first-order chi connectivity index (χ1) is 8.91. The topological polar surface area (TPSA) is 15.3 Å². The molecule has 1 rings (SSSR count). The van der Waals surface area contributed by atoms with Gasteiger partial charge in [-0.3, -0.25) is 0 Å². The molecule has 1 atom stereocenters. The summed E-state index contributed by atoms with van der Waals surface area (Å²) in [6, 6.07) is 0. The maximum atomic E-state index is 3.64. The van der Waals surface area contributed by atoms with Crippen LogP contribution in [0.3, 0.4) is 0 Å². The van der Waals surface area contributed by atoms with Crippen molar-refractivity contribution in [3.63, 3.8) is 0 Å². The van der Waals surface area contributed by atoms with Gasteiger partial charge in [-0.05, 0) is 56.1 Å². The summed E-state index contributed by atoms with van der Waals surface area (Å²) in [5.74, 6) is 0. The molecule has 0 spiro atoms. The zero-order valence-corrected chi connectivity index (χ0v) is 14.0. The molecule has 0 saturated carbocycles. The second-order valence-corrected chi connectivity index (χ2v) is 7.68. The van der Waals surface area contributed by atoms with Gasteiger partial charge in [0.25, 0.3) is 0 Å². The summed E-state index contributed by atoms with van der Waals surface area (Å²) < 4.78 is 0. The van der Waals surface area contributed by atoms with E-state index in [0.717, 1.165) is 6.54 Å². The molecule has 1 saturated heterocycles. The van der Waals surface area contributed by atoms with Crippen molar-refractivity contribution in [2.75, 3.05) is 32.7 Å². The van der Waals surface area contributed by atoms with Gasteiger partial charge < -0.3 is 10.2 Å². The van der Waals surface area contributed by atoms with E-state index in [4.69, 9.17) is 0 Å². The number of rotatable bonds is 8. The third-order valence-electron chi connectivity index (χ3n) is 4.65. The molecule has 0 radical (unpaired) electrons. The molecule has 0 aromatic rings. The molecular formula is C17H36N2. The molecule has 1 aliphatic heterocycles. The quantitative estimate of drug-likeness (QED) is 0.671. The van der Waals surface area contributed by atoms with E-state index < -0.39 is 0 Å². The van der Waals surface area contributed by atoms with Crippen LogP contribution in [0.4, 0.5) is 0 Å². The van der Waals surface area contributed by atoms with Gasteiger partial charge in [-0.1, -0.05) is 41.0 Å². The van der Waals surface area contributed by atoms with Crippen LogP contribution < -0.4 is 5.32 Å². The van der Waals surface area contributed by atoms with Crippen LogP contribution in [0.5, 0.6) is 0 Å². The summed E-state index contributed by atoms with van der Waals surface area (Å²) in [7, 11) is 0. The fraction of sp³-hybridized carbons (Fsp3) is 1.00. The van der Waals surface area contributed by atoms with Gasteiger partial charge in [0.2, 0.25) is 0 Å². The first kappa shape index (κ1) is 17.0. The third kappa shape index (κ3) is 6.27. The smallest absolute Gasteiger partial charge is 0.00475 e. The van der Waals surface area contributed by atoms with Gasteiger partial charge in [0.15, 0.2) is 0 Å². The van der Waals surface area contributed by atoms with Crippen molar-refractivity contribution in [2.24, 2.45) is 10.8 Å². The van der Waals surface area contributed by atoms with E-state index >= 15 is 0 Å². The van der Waals surface area contributed by atoms with Crippen LogP contribution in [0, 0.1) is 10.8 Å². The van der Waals surface area contributed by atoms with Crippen LogP contribution in [0.25, 0.3) is 0 Å². The second-order valence-electron chi connectivity index (χ2n) is 7.68. The van der Waals surface area contributed by atoms with E-state index in [-0.39, 0.29) is 0 Å². The highest BCUT2D eigenvalue weighted by Gasteiger charge is 2.30. The van der Waals surface area contributed by atoms with Crippen molar-refractivity contribution in [1.82, 2.24) is 10.2 Å². The Morgan fingerprint density at radius 2 is 1.74 bits per heavy atom. The summed E-state index contributed by atoms with van der Waals surface area (Å²) in [5.41, 5.74) is 1.02. The number of likely N-dealkylation sites (tertiary alicyclic amines) is 1. The number of hydrogen-bond acceptors (Lipinski definition) is 2. The largest absolute Gasteiger partial charge is 0.316 e. The number of hydrogen-bond donors (Lipinski definition) is 1. The lowest BCUT2D eigenvalue weighted by Crippen LogP contribution is -2.46. The van der Waals surface area contributed by atoms with Crippen LogP contribution in [-0.2, 0) is 0 Å². The lowest BCUT2D eigenvalue weighted by Gasteiger charge is -2.42. The molecule has 0 aliphatic carbocycles. The summed E-state index contributed by atoms with van der Waals surface area (Å²) in [5, 5.41) is 3.64. The minimum atomic E-state index is 0.450. The molecule has 2 nitrogen and oxygen atoms in total. The first-order valence-corrected chi connectivity index (χ1v) is 8.34. The Hall–Kier alpha value is -0.0800. The summed E-state index contributed by atoms with van der Waals surface area (Å²) in [6.45, 7) is 18.1. The van der Waals surface area contributed by atoms with Gasteiger partial charge in [-0.15, -0.1) is 0 Å². The SMILES string of the molecule is CCCNCC(C)(CCC)CN1CCC(C)(C)CC1. The Morgan fingerprint density at radius 3 is 2.26 bits per heavy atom. The number of nitrogens with one attached hydrogen (secondary N) is 1. The summed E-state index contributed by atoms with van der Waals surface area (Å²) in [4.78, 5) is 2.70. The van der Waals surface area contributed by atoms with Crippen LogP contribution in [0.15, 0.2) is 0 Å². The molecule has 1 fully saturated rings. The third-order valence-corrected chi connectivity index (χ3v) is 4.65. The van der Waals surface area contributed by atoms with Crippen molar-refractivity contribution in [2.45, 2.75) is 66.7 Å². The Bertz CT molecular complexity index is 240. The maximum absolute atomic E-state index is 3.64. The molecule has 1 heterocycles. The van der Waals surface area contributed by atoms with Gasteiger partial charge in [0, 0.05) is 13.1 Å². The Balaban J connectivity index is 2.44.